The Morgan fingerprint density at radius 3 is 1.85 bits per heavy atom. The molecule has 0 spiro atoms. The van der Waals surface area contributed by atoms with Crippen molar-refractivity contribution in [2.24, 2.45) is 0 Å². The highest BCUT2D eigenvalue weighted by molar-refractivity contribution is 6.29. The van der Waals surface area contributed by atoms with E-state index in [0.29, 0.717) is 0 Å². The average molecular weight is 677 g/mol. The highest BCUT2D eigenvalue weighted by Crippen LogP contribution is 2.54. The van der Waals surface area contributed by atoms with Crippen LogP contribution in [0.1, 0.15) is 51.3 Å². The first kappa shape index (κ1) is 30.6. The van der Waals surface area contributed by atoms with Crippen molar-refractivity contribution in [1.82, 2.24) is 0 Å². The van der Waals surface area contributed by atoms with Gasteiger partial charge < -0.3 is 0 Å². The largest absolute Gasteiger partial charge is 0.0619 e. The van der Waals surface area contributed by atoms with Gasteiger partial charge in [0.05, 0.1) is 0 Å². The van der Waals surface area contributed by atoms with Crippen LogP contribution in [0.15, 0.2) is 152 Å². The number of hydrogen-bond acceptors (Lipinski definition) is 0. The average Bonchev–Trinajstić information content (AvgIpc) is 3.40. The number of rotatable bonds is 2. The van der Waals surface area contributed by atoms with Crippen molar-refractivity contribution in [3.63, 3.8) is 0 Å². The van der Waals surface area contributed by atoms with Crippen LogP contribution in [0.4, 0.5) is 0 Å². The second-order valence-electron chi connectivity index (χ2n) is 16.8. The Morgan fingerprint density at radius 1 is 0.377 bits per heavy atom. The maximum absolute atomic E-state index is 2.50. The van der Waals surface area contributed by atoms with Crippen LogP contribution in [-0.4, -0.2) is 0 Å². The molecular formula is C53H40. The van der Waals surface area contributed by atoms with E-state index in [9.17, 15) is 0 Å². The Bertz CT molecular complexity index is 3160. The van der Waals surface area contributed by atoms with Crippen molar-refractivity contribution in [3.05, 3.63) is 168 Å². The first-order chi connectivity index (χ1) is 25.7. The van der Waals surface area contributed by atoms with Crippen LogP contribution in [0.3, 0.4) is 0 Å². The summed E-state index contributed by atoms with van der Waals surface area (Å²) >= 11 is 0. The fourth-order valence-corrected chi connectivity index (χ4v) is 10.2. The van der Waals surface area contributed by atoms with Crippen LogP contribution in [0.25, 0.3) is 98.0 Å². The molecule has 0 saturated carbocycles. The second-order valence-corrected chi connectivity index (χ2v) is 16.8. The van der Waals surface area contributed by atoms with E-state index in [1.165, 1.54) is 115 Å². The minimum atomic E-state index is -0.0686. The van der Waals surface area contributed by atoms with E-state index >= 15 is 0 Å². The quantitative estimate of drug-likeness (QED) is 0.126. The standard InChI is InChI=1S/C53H40/c1-52(2,3)51-41-17-9-8-16-38(41)49(37-19-12-14-31-13-6-7-15-35(31)37)40-26-23-33(29-44(40)51)36-25-21-32-22-28-43-48-34(24-27-39(36)47(32)48)30-46-50(43)42-18-10-11-20-45(42)53(46,4)5/h6-30H,1-5H3. The third-order valence-corrected chi connectivity index (χ3v) is 12.5. The van der Waals surface area contributed by atoms with Gasteiger partial charge in [-0.3, -0.25) is 0 Å². The lowest BCUT2D eigenvalue weighted by Gasteiger charge is -2.27. The van der Waals surface area contributed by atoms with E-state index < -0.39 is 0 Å². The van der Waals surface area contributed by atoms with E-state index in [-0.39, 0.29) is 10.8 Å². The number of hydrogen-bond donors (Lipinski definition) is 0. The Hall–Kier alpha value is -5.98. The second kappa shape index (κ2) is 10.6. The molecule has 0 nitrogen and oxygen atoms in total. The molecule has 0 unspecified atom stereocenters. The molecule has 11 rings (SSSR count). The predicted octanol–water partition coefficient (Wildman–Crippen LogP) is 15.0. The van der Waals surface area contributed by atoms with E-state index in [0.717, 1.165) is 0 Å². The first-order valence-electron chi connectivity index (χ1n) is 19.0. The summed E-state index contributed by atoms with van der Waals surface area (Å²) in [6.07, 6.45) is 0. The van der Waals surface area contributed by atoms with Gasteiger partial charge in [-0.15, -0.1) is 0 Å². The minimum absolute atomic E-state index is 0.0353. The van der Waals surface area contributed by atoms with Crippen molar-refractivity contribution >= 4 is 64.6 Å². The molecule has 0 atom stereocenters. The van der Waals surface area contributed by atoms with Gasteiger partial charge in [-0.2, -0.15) is 0 Å². The molecule has 1 aliphatic rings. The normalized spacial score (nSPS) is 13.9. The predicted molar refractivity (Wildman–Crippen MR) is 230 cm³/mol. The summed E-state index contributed by atoms with van der Waals surface area (Å²) in [5.41, 5.74) is 12.1. The molecular weight excluding hydrogens is 637 g/mol. The summed E-state index contributed by atoms with van der Waals surface area (Å²) < 4.78 is 0. The van der Waals surface area contributed by atoms with Crippen LogP contribution in [0.2, 0.25) is 0 Å². The molecule has 1 aliphatic carbocycles. The SMILES string of the molecule is CC(C)(C)c1c2ccccc2c(-c2cccc3ccccc23)c2ccc(-c3ccc4ccc5c6c(cc7ccc3c4c75)C(C)(C)c3ccccc3-6)cc12. The summed E-state index contributed by atoms with van der Waals surface area (Å²) in [5.74, 6) is 0. The third kappa shape index (κ3) is 4.13. The van der Waals surface area contributed by atoms with Crippen molar-refractivity contribution in [2.75, 3.05) is 0 Å². The van der Waals surface area contributed by atoms with Crippen LogP contribution < -0.4 is 0 Å². The van der Waals surface area contributed by atoms with Crippen molar-refractivity contribution < 1.29 is 0 Å². The van der Waals surface area contributed by atoms with E-state index in [1.807, 2.05) is 0 Å². The lowest BCUT2D eigenvalue weighted by atomic mass is 9.77. The summed E-state index contributed by atoms with van der Waals surface area (Å²) in [7, 11) is 0. The lowest BCUT2D eigenvalue weighted by molar-refractivity contribution is 0.601. The van der Waals surface area contributed by atoms with Gasteiger partial charge in [0.1, 0.15) is 0 Å². The van der Waals surface area contributed by atoms with Crippen LogP contribution in [0.5, 0.6) is 0 Å². The molecule has 0 fully saturated rings. The van der Waals surface area contributed by atoms with Gasteiger partial charge in [0, 0.05) is 5.41 Å². The molecule has 0 bridgehead atoms. The topological polar surface area (TPSA) is 0 Å². The summed E-state index contributed by atoms with van der Waals surface area (Å²) in [6, 6.07) is 57.6. The molecule has 0 aromatic heterocycles. The minimum Gasteiger partial charge on any atom is -0.0619 e. The van der Waals surface area contributed by atoms with E-state index in [4.69, 9.17) is 0 Å². The Labute approximate surface area is 310 Å². The summed E-state index contributed by atoms with van der Waals surface area (Å²) in [6.45, 7) is 11.9. The maximum atomic E-state index is 2.50. The molecule has 0 aliphatic heterocycles. The van der Waals surface area contributed by atoms with Crippen molar-refractivity contribution in [1.29, 1.82) is 0 Å². The van der Waals surface area contributed by atoms with Gasteiger partial charge >= 0.3 is 0 Å². The third-order valence-electron chi connectivity index (χ3n) is 12.5. The van der Waals surface area contributed by atoms with E-state index in [1.54, 1.807) is 0 Å². The fourth-order valence-electron chi connectivity index (χ4n) is 10.2. The zero-order chi connectivity index (χ0) is 35.8. The zero-order valence-corrected chi connectivity index (χ0v) is 30.9. The Morgan fingerprint density at radius 2 is 1.00 bits per heavy atom. The molecule has 0 heterocycles. The number of fused-ring (bicyclic) bond motifs is 7. The van der Waals surface area contributed by atoms with E-state index in [2.05, 4.69) is 186 Å². The fraction of sp³-hybridized carbons (Fsp3) is 0.132. The van der Waals surface area contributed by atoms with Gasteiger partial charge in [0.2, 0.25) is 0 Å². The molecule has 0 radical (unpaired) electrons. The van der Waals surface area contributed by atoms with Gasteiger partial charge in [0.25, 0.3) is 0 Å². The molecule has 53 heavy (non-hydrogen) atoms. The molecule has 0 heteroatoms. The van der Waals surface area contributed by atoms with Gasteiger partial charge in [0.15, 0.2) is 0 Å². The molecule has 10 aromatic rings. The Balaban J connectivity index is 1.22. The molecule has 0 N–H and O–H groups in total. The Kier molecular flexibility index (Phi) is 6.10. The summed E-state index contributed by atoms with van der Waals surface area (Å²) in [4.78, 5) is 0. The van der Waals surface area contributed by atoms with Gasteiger partial charge in [-0.05, 0) is 132 Å². The van der Waals surface area contributed by atoms with Crippen molar-refractivity contribution in [3.8, 4) is 33.4 Å². The first-order valence-corrected chi connectivity index (χ1v) is 19.0. The lowest BCUT2D eigenvalue weighted by Crippen LogP contribution is -2.14. The maximum Gasteiger partial charge on any atom is 0.0159 e. The summed E-state index contributed by atoms with van der Waals surface area (Å²) in [5, 5.41) is 15.9. The zero-order valence-electron chi connectivity index (χ0n) is 30.9. The molecule has 252 valence electrons. The van der Waals surface area contributed by atoms with Crippen LogP contribution in [-0.2, 0) is 10.8 Å². The van der Waals surface area contributed by atoms with Gasteiger partial charge in [-0.1, -0.05) is 174 Å². The van der Waals surface area contributed by atoms with Gasteiger partial charge in [-0.25, -0.2) is 0 Å². The van der Waals surface area contributed by atoms with Crippen molar-refractivity contribution in [2.45, 2.75) is 45.4 Å². The number of benzene rings is 10. The molecule has 0 saturated heterocycles. The molecule has 10 aromatic carbocycles. The van der Waals surface area contributed by atoms with Crippen LogP contribution >= 0.6 is 0 Å². The van der Waals surface area contributed by atoms with Crippen LogP contribution in [0, 0.1) is 0 Å². The smallest absolute Gasteiger partial charge is 0.0159 e. The monoisotopic (exact) mass is 676 g/mol. The highest BCUT2D eigenvalue weighted by Gasteiger charge is 2.37. The molecule has 0 amide bonds. The highest BCUT2D eigenvalue weighted by atomic mass is 14.4.